The fourth-order valence-electron chi connectivity index (χ4n) is 3.26. The highest BCUT2D eigenvalue weighted by atomic mass is 16.5. The summed E-state index contributed by atoms with van der Waals surface area (Å²) >= 11 is 0. The molecule has 0 unspecified atom stereocenters. The third-order valence-corrected chi connectivity index (χ3v) is 4.57. The van der Waals surface area contributed by atoms with Gasteiger partial charge >= 0.3 is 0 Å². The Morgan fingerprint density at radius 1 is 1.24 bits per heavy atom. The summed E-state index contributed by atoms with van der Waals surface area (Å²) in [5, 5.41) is 7.64. The van der Waals surface area contributed by atoms with Crippen molar-refractivity contribution in [2.24, 2.45) is 0 Å². The molecule has 0 bridgehead atoms. The first-order valence-corrected chi connectivity index (χ1v) is 7.79. The van der Waals surface area contributed by atoms with Gasteiger partial charge in [0.05, 0.1) is 0 Å². The van der Waals surface area contributed by atoms with Gasteiger partial charge in [-0.25, -0.2) is 0 Å². The van der Waals surface area contributed by atoms with Gasteiger partial charge in [0.25, 0.3) is 0 Å². The van der Waals surface area contributed by atoms with E-state index >= 15 is 0 Å². The zero-order valence-corrected chi connectivity index (χ0v) is 12.9. The predicted octanol–water partition coefficient (Wildman–Crippen LogP) is 3.51. The lowest BCUT2D eigenvalue weighted by molar-refractivity contribution is 0.221. The molecule has 0 saturated heterocycles. The summed E-state index contributed by atoms with van der Waals surface area (Å²) in [5.41, 5.74) is 2.36. The third-order valence-electron chi connectivity index (χ3n) is 4.57. The van der Waals surface area contributed by atoms with Crippen molar-refractivity contribution in [3.8, 4) is 11.4 Å². The van der Waals surface area contributed by atoms with Crippen LogP contribution in [0.25, 0.3) is 11.4 Å². The van der Waals surface area contributed by atoms with Crippen LogP contribution in [0.4, 0.5) is 0 Å². The van der Waals surface area contributed by atoms with E-state index in [1.165, 1.54) is 37.7 Å². The van der Waals surface area contributed by atoms with Gasteiger partial charge in [0, 0.05) is 17.5 Å². The predicted molar refractivity (Wildman–Crippen MR) is 83.1 cm³/mol. The van der Waals surface area contributed by atoms with E-state index < -0.39 is 0 Å². The molecule has 0 radical (unpaired) electrons. The first-order valence-electron chi connectivity index (χ1n) is 7.79. The topological polar surface area (TPSA) is 51.0 Å². The van der Waals surface area contributed by atoms with Crippen LogP contribution in [0.1, 0.15) is 43.6 Å². The van der Waals surface area contributed by atoms with Gasteiger partial charge < -0.3 is 9.84 Å². The summed E-state index contributed by atoms with van der Waals surface area (Å²) in [4.78, 5) is 4.59. The van der Waals surface area contributed by atoms with Crippen LogP contribution in [0.5, 0.6) is 0 Å². The van der Waals surface area contributed by atoms with E-state index in [1.54, 1.807) is 0 Å². The molecular weight excluding hydrogens is 262 g/mol. The zero-order valence-electron chi connectivity index (χ0n) is 12.9. The second-order valence-corrected chi connectivity index (χ2v) is 6.15. The second kappa shape index (κ2) is 5.98. The van der Waals surface area contributed by atoms with Crippen LogP contribution in [-0.2, 0) is 6.42 Å². The molecule has 1 aromatic heterocycles. The summed E-state index contributed by atoms with van der Waals surface area (Å²) in [6.07, 6.45) is 7.08. The van der Waals surface area contributed by atoms with Crippen LogP contribution >= 0.6 is 0 Å². The maximum Gasteiger partial charge on any atom is 0.228 e. The van der Waals surface area contributed by atoms with Crippen molar-refractivity contribution < 1.29 is 4.52 Å². The quantitative estimate of drug-likeness (QED) is 0.934. The Balaban J connectivity index is 1.78. The summed E-state index contributed by atoms with van der Waals surface area (Å²) in [7, 11) is 2.04. The van der Waals surface area contributed by atoms with Crippen molar-refractivity contribution in [3.05, 3.63) is 35.7 Å². The number of nitrogens with zero attached hydrogens (tertiary/aromatic N) is 2. The molecule has 1 heterocycles. The molecule has 4 nitrogen and oxygen atoms in total. The van der Waals surface area contributed by atoms with E-state index in [2.05, 4.69) is 34.5 Å². The fraction of sp³-hybridized carbons (Fsp3) is 0.529. The average molecular weight is 285 g/mol. The number of hydrogen-bond donors (Lipinski definition) is 1. The number of aromatic nitrogens is 2. The third kappa shape index (κ3) is 3.16. The molecule has 2 aromatic rings. The van der Waals surface area contributed by atoms with E-state index in [9.17, 15) is 0 Å². The van der Waals surface area contributed by atoms with Gasteiger partial charge in [-0.3, -0.25) is 0 Å². The summed E-state index contributed by atoms with van der Waals surface area (Å²) in [6, 6.07) is 8.21. The molecule has 0 atom stereocenters. The van der Waals surface area contributed by atoms with Crippen molar-refractivity contribution >= 4 is 0 Å². The number of likely N-dealkylation sites (N-methyl/N-ethyl adjacent to an activating group) is 1. The summed E-state index contributed by atoms with van der Waals surface area (Å²) < 4.78 is 5.49. The Labute approximate surface area is 126 Å². The van der Waals surface area contributed by atoms with Crippen LogP contribution in [0.2, 0.25) is 0 Å². The maximum atomic E-state index is 5.49. The lowest BCUT2D eigenvalue weighted by atomic mass is 9.79. The minimum absolute atomic E-state index is 0.134. The maximum absolute atomic E-state index is 5.49. The van der Waals surface area contributed by atoms with E-state index in [0.717, 1.165) is 17.9 Å². The molecule has 21 heavy (non-hydrogen) atoms. The van der Waals surface area contributed by atoms with Crippen LogP contribution < -0.4 is 5.32 Å². The number of rotatable bonds is 4. The van der Waals surface area contributed by atoms with Gasteiger partial charge in [0.15, 0.2) is 0 Å². The second-order valence-electron chi connectivity index (χ2n) is 6.15. The highest BCUT2D eigenvalue weighted by Gasteiger charge is 2.32. The van der Waals surface area contributed by atoms with Crippen molar-refractivity contribution in [3.63, 3.8) is 0 Å². The summed E-state index contributed by atoms with van der Waals surface area (Å²) in [5.74, 6) is 1.43. The largest absolute Gasteiger partial charge is 0.339 e. The molecule has 1 aliphatic rings. The van der Waals surface area contributed by atoms with Gasteiger partial charge in [0.1, 0.15) is 0 Å². The molecular formula is C17H23N3O. The molecule has 4 heteroatoms. The van der Waals surface area contributed by atoms with Gasteiger partial charge in [-0.15, -0.1) is 0 Å². The Hall–Kier alpha value is -1.68. The van der Waals surface area contributed by atoms with E-state index in [1.807, 2.05) is 19.2 Å². The molecule has 1 aromatic carbocycles. The van der Waals surface area contributed by atoms with Crippen molar-refractivity contribution in [1.29, 1.82) is 0 Å². The van der Waals surface area contributed by atoms with Crippen LogP contribution in [0, 0.1) is 6.92 Å². The lowest BCUT2D eigenvalue weighted by Gasteiger charge is -2.36. The number of benzene rings is 1. The smallest absolute Gasteiger partial charge is 0.228 e. The van der Waals surface area contributed by atoms with Crippen molar-refractivity contribution in [2.45, 2.75) is 51.0 Å². The molecule has 1 N–H and O–H groups in total. The number of aryl methyl sites for hydroxylation is 1. The SMILES string of the molecule is CNC1(Cc2nc(-c3cccc(C)c3)no2)CCCCC1. The number of hydrogen-bond acceptors (Lipinski definition) is 4. The Bertz CT molecular complexity index is 600. The van der Waals surface area contributed by atoms with E-state index in [4.69, 9.17) is 4.52 Å². The molecule has 0 aliphatic heterocycles. The lowest BCUT2D eigenvalue weighted by Crippen LogP contribution is -2.46. The average Bonchev–Trinajstić information content (AvgIpc) is 2.96. The Morgan fingerprint density at radius 2 is 2.05 bits per heavy atom. The highest BCUT2D eigenvalue weighted by molar-refractivity contribution is 5.55. The minimum atomic E-state index is 0.134. The molecule has 3 rings (SSSR count). The number of nitrogens with one attached hydrogen (secondary N) is 1. The first kappa shape index (κ1) is 14.3. The van der Waals surface area contributed by atoms with E-state index in [0.29, 0.717) is 5.82 Å². The highest BCUT2D eigenvalue weighted by Crippen LogP contribution is 2.31. The zero-order chi connectivity index (χ0) is 14.7. The molecule has 1 saturated carbocycles. The Kier molecular flexibility index (Phi) is 4.06. The monoisotopic (exact) mass is 285 g/mol. The minimum Gasteiger partial charge on any atom is -0.339 e. The summed E-state index contributed by atoms with van der Waals surface area (Å²) in [6.45, 7) is 2.07. The molecule has 112 valence electrons. The normalized spacial score (nSPS) is 17.8. The van der Waals surface area contributed by atoms with E-state index in [-0.39, 0.29) is 5.54 Å². The first-order chi connectivity index (χ1) is 10.2. The Morgan fingerprint density at radius 3 is 2.76 bits per heavy atom. The molecule has 1 fully saturated rings. The van der Waals surface area contributed by atoms with Gasteiger partial charge in [-0.1, -0.05) is 48.2 Å². The van der Waals surface area contributed by atoms with Gasteiger partial charge in [-0.05, 0) is 32.9 Å². The van der Waals surface area contributed by atoms with Crippen molar-refractivity contribution in [1.82, 2.24) is 15.5 Å². The molecule has 1 aliphatic carbocycles. The van der Waals surface area contributed by atoms with Crippen LogP contribution in [0.15, 0.2) is 28.8 Å². The van der Waals surface area contributed by atoms with Crippen molar-refractivity contribution in [2.75, 3.05) is 7.05 Å². The van der Waals surface area contributed by atoms with Gasteiger partial charge in [0.2, 0.25) is 11.7 Å². The molecule has 0 spiro atoms. The van der Waals surface area contributed by atoms with Crippen LogP contribution in [-0.4, -0.2) is 22.7 Å². The molecule has 0 amide bonds. The van der Waals surface area contributed by atoms with Gasteiger partial charge in [-0.2, -0.15) is 4.98 Å². The standard InChI is InChI=1S/C17H23N3O/c1-13-7-6-8-14(11-13)16-19-15(21-20-16)12-17(18-2)9-4-3-5-10-17/h6-8,11,18H,3-5,9-10,12H2,1-2H3. The fourth-order valence-corrected chi connectivity index (χ4v) is 3.26. The van der Waals surface area contributed by atoms with Crippen LogP contribution in [0.3, 0.4) is 0 Å².